The highest BCUT2D eigenvalue weighted by Crippen LogP contribution is 2.24. The number of methoxy groups -OCH3 is 1. The van der Waals surface area contributed by atoms with Gasteiger partial charge in [-0.1, -0.05) is 54.2 Å². The van der Waals surface area contributed by atoms with Gasteiger partial charge in [0.1, 0.15) is 11.8 Å². The van der Waals surface area contributed by atoms with E-state index in [-0.39, 0.29) is 24.3 Å². The molecule has 0 bridgehead atoms. The Kier molecular flexibility index (Phi) is 8.22. The molecule has 1 aliphatic carbocycles. The molecule has 1 atom stereocenters. The Balaban J connectivity index is 1.80. The lowest BCUT2D eigenvalue weighted by atomic mass is 10.1. The number of carbonyl (C=O) groups is 2. The third-order valence-corrected chi connectivity index (χ3v) is 6.30. The second-order valence-corrected chi connectivity index (χ2v) is 8.80. The minimum Gasteiger partial charge on any atom is -0.497 e. The third kappa shape index (κ3) is 6.37. The van der Waals surface area contributed by atoms with Gasteiger partial charge in [-0.25, -0.2) is 0 Å². The summed E-state index contributed by atoms with van der Waals surface area (Å²) in [7, 11) is 1.60. The van der Waals surface area contributed by atoms with Crippen molar-refractivity contribution in [1.82, 2.24) is 10.2 Å². The standard InChI is InChI=1S/C24H28Cl2N2O3/c1-16(24(30)27-20-7-3-4-8-20)28(15-17-6-5-9-21(12-17)31-2)23(29)13-18-10-11-19(25)14-22(18)26/h5-6,9-12,14,16,20H,3-4,7-8,13,15H2,1-2H3,(H,27,30). The molecule has 7 heteroatoms. The molecule has 1 N–H and O–H groups in total. The summed E-state index contributed by atoms with van der Waals surface area (Å²) in [6.07, 6.45) is 4.31. The van der Waals surface area contributed by atoms with Crippen LogP contribution < -0.4 is 10.1 Å². The molecule has 2 aromatic carbocycles. The van der Waals surface area contributed by atoms with Crippen molar-refractivity contribution < 1.29 is 14.3 Å². The van der Waals surface area contributed by atoms with Gasteiger partial charge >= 0.3 is 0 Å². The van der Waals surface area contributed by atoms with Crippen LogP contribution in [0.15, 0.2) is 42.5 Å². The number of carbonyl (C=O) groups excluding carboxylic acids is 2. The maximum Gasteiger partial charge on any atom is 0.242 e. The quantitative estimate of drug-likeness (QED) is 0.598. The van der Waals surface area contributed by atoms with E-state index < -0.39 is 6.04 Å². The normalized spacial score (nSPS) is 14.8. The van der Waals surface area contributed by atoms with Crippen molar-refractivity contribution >= 4 is 35.0 Å². The molecule has 1 aliphatic rings. The van der Waals surface area contributed by atoms with E-state index in [9.17, 15) is 9.59 Å². The first-order valence-corrected chi connectivity index (χ1v) is 11.3. The van der Waals surface area contributed by atoms with Crippen molar-refractivity contribution in [2.75, 3.05) is 7.11 Å². The highest BCUT2D eigenvalue weighted by molar-refractivity contribution is 6.35. The van der Waals surface area contributed by atoms with Crippen LogP contribution in [-0.4, -0.2) is 35.9 Å². The maximum absolute atomic E-state index is 13.3. The fourth-order valence-corrected chi connectivity index (χ4v) is 4.35. The molecule has 0 heterocycles. The van der Waals surface area contributed by atoms with Crippen molar-refractivity contribution in [2.24, 2.45) is 0 Å². The molecule has 0 spiro atoms. The Morgan fingerprint density at radius 3 is 2.58 bits per heavy atom. The minimum atomic E-state index is -0.620. The van der Waals surface area contributed by atoms with Gasteiger partial charge in [-0.2, -0.15) is 0 Å². The largest absolute Gasteiger partial charge is 0.497 e. The van der Waals surface area contributed by atoms with Crippen LogP contribution in [0.1, 0.15) is 43.7 Å². The Morgan fingerprint density at radius 1 is 1.16 bits per heavy atom. The monoisotopic (exact) mass is 462 g/mol. The molecule has 166 valence electrons. The highest BCUT2D eigenvalue weighted by Gasteiger charge is 2.29. The number of amides is 2. The van der Waals surface area contributed by atoms with Crippen LogP contribution >= 0.6 is 23.2 Å². The predicted octanol–water partition coefficient (Wildman–Crippen LogP) is 5.02. The first-order valence-electron chi connectivity index (χ1n) is 10.5. The smallest absolute Gasteiger partial charge is 0.242 e. The van der Waals surface area contributed by atoms with Crippen molar-refractivity contribution in [2.45, 2.75) is 57.7 Å². The predicted molar refractivity (Wildman–Crippen MR) is 124 cm³/mol. The zero-order valence-corrected chi connectivity index (χ0v) is 19.4. The van der Waals surface area contributed by atoms with Gasteiger partial charge in [0.05, 0.1) is 13.5 Å². The maximum atomic E-state index is 13.3. The van der Waals surface area contributed by atoms with Crippen LogP contribution in [0.4, 0.5) is 0 Å². The molecule has 0 saturated heterocycles. The molecule has 1 saturated carbocycles. The number of halogens is 2. The van der Waals surface area contributed by atoms with Gasteiger partial charge in [-0.15, -0.1) is 0 Å². The zero-order valence-electron chi connectivity index (χ0n) is 17.9. The number of hydrogen-bond donors (Lipinski definition) is 1. The summed E-state index contributed by atoms with van der Waals surface area (Å²) in [4.78, 5) is 27.9. The van der Waals surface area contributed by atoms with Crippen LogP contribution in [0.2, 0.25) is 10.0 Å². The summed E-state index contributed by atoms with van der Waals surface area (Å²) in [5.41, 5.74) is 1.56. The fourth-order valence-electron chi connectivity index (χ4n) is 3.87. The molecule has 0 radical (unpaired) electrons. The molecule has 3 rings (SSSR count). The van der Waals surface area contributed by atoms with E-state index in [2.05, 4.69) is 5.32 Å². The van der Waals surface area contributed by atoms with Gasteiger partial charge in [-0.3, -0.25) is 9.59 Å². The van der Waals surface area contributed by atoms with Crippen molar-refractivity contribution in [3.63, 3.8) is 0 Å². The molecular formula is C24H28Cl2N2O3. The molecule has 0 aliphatic heterocycles. The lowest BCUT2D eigenvalue weighted by Crippen LogP contribution is -2.50. The van der Waals surface area contributed by atoms with Gasteiger partial charge in [0.25, 0.3) is 0 Å². The average Bonchev–Trinajstić information content (AvgIpc) is 3.26. The number of rotatable bonds is 8. The lowest BCUT2D eigenvalue weighted by molar-refractivity contribution is -0.140. The second kappa shape index (κ2) is 10.9. The van der Waals surface area contributed by atoms with Crippen LogP contribution in [0.3, 0.4) is 0 Å². The first-order chi connectivity index (χ1) is 14.9. The fraction of sp³-hybridized carbons (Fsp3) is 0.417. The SMILES string of the molecule is COc1cccc(CN(C(=O)Cc2ccc(Cl)cc2Cl)C(C)C(=O)NC2CCCC2)c1. The lowest BCUT2D eigenvalue weighted by Gasteiger charge is -2.30. The summed E-state index contributed by atoms with van der Waals surface area (Å²) in [5.74, 6) is 0.389. The number of ether oxygens (including phenoxy) is 1. The minimum absolute atomic E-state index is 0.0843. The summed E-state index contributed by atoms with van der Waals surface area (Å²) in [5, 5.41) is 4.05. The number of nitrogens with one attached hydrogen (secondary N) is 1. The van der Waals surface area contributed by atoms with E-state index in [1.54, 1.807) is 37.1 Å². The molecule has 2 aromatic rings. The van der Waals surface area contributed by atoms with E-state index in [4.69, 9.17) is 27.9 Å². The molecule has 1 unspecified atom stereocenters. The van der Waals surface area contributed by atoms with Crippen molar-refractivity contribution in [3.05, 3.63) is 63.6 Å². The molecule has 1 fully saturated rings. The van der Waals surface area contributed by atoms with E-state index in [1.165, 1.54) is 0 Å². The van der Waals surface area contributed by atoms with E-state index in [1.807, 2.05) is 24.3 Å². The Hall–Kier alpha value is -2.24. The molecule has 0 aromatic heterocycles. The summed E-state index contributed by atoms with van der Waals surface area (Å²) in [6, 6.07) is 12.1. The topological polar surface area (TPSA) is 58.6 Å². The molecule has 5 nitrogen and oxygen atoms in total. The number of nitrogens with zero attached hydrogens (tertiary/aromatic N) is 1. The highest BCUT2D eigenvalue weighted by atomic mass is 35.5. The van der Waals surface area contributed by atoms with Gasteiger partial charge in [0.15, 0.2) is 0 Å². The average molecular weight is 463 g/mol. The van der Waals surface area contributed by atoms with Gasteiger partial charge in [-0.05, 0) is 55.2 Å². The van der Waals surface area contributed by atoms with Crippen LogP contribution in [-0.2, 0) is 22.6 Å². The Morgan fingerprint density at radius 2 is 1.90 bits per heavy atom. The summed E-state index contributed by atoms with van der Waals surface area (Å²) >= 11 is 12.3. The van der Waals surface area contributed by atoms with Crippen LogP contribution in [0.25, 0.3) is 0 Å². The number of benzene rings is 2. The molecule has 2 amide bonds. The Bertz CT molecular complexity index is 929. The van der Waals surface area contributed by atoms with E-state index in [0.717, 1.165) is 31.2 Å². The second-order valence-electron chi connectivity index (χ2n) is 7.95. The summed E-state index contributed by atoms with van der Waals surface area (Å²) in [6.45, 7) is 2.06. The summed E-state index contributed by atoms with van der Waals surface area (Å²) < 4.78 is 5.30. The van der Waals surface area contributed by atoms with Gasteiger partial charge in [0, 0.05) is 22.6 Å². The van der Waals surface area contributed by atoms with Gasteiger partial charge < -0.3 is 15.0 Å². The van der Waals surface area contributed by atoms with E-state index >= 15 is 0 Å². The van der Waals surface area contributed by atoms with E-state index in [0.29, 0.717) is 27.9 Å². The molecule has 31 heavy (non-hydrogen) atoms. The Labute approximate surface area is 193 Å². The zero-order chi connectivity index (χ0) is 22.4. The third-order valence-electron chi connectivity index (χ3n) is 5.71. The van der Waals surface area contributed by atoms with Crippen molar-refractivity contribution in [3.8, 4) is 5.75 Å². The first kappa shape index (κ1) is 23.4. The van der Waals surface area contributed by atoms with Crippen molar-refractivity contribution in [1.29, 1.82) is 0 Å². The van der Waals surface area contributed by atoms with Gasteiger partial charge in [0.2, 0.25) is 11.8 Å². The number of hydrogen-bond acceptors (Lipinski definition) is 3. The molecular weight excluding hydrogens is 435 g/mol. The van der Waals surface area contributed by atoms with Crippen LogP contribution in [0, 0.1) is 0 Å². The van der Waals surface area contributed by atoms with Crippen LogP contribution in [0.5, 0.6) is 5.75 Å².